The number of carbonyl (C=O) groups is 1. The molecular formula is C30H32FN3O5S. The highest BCUT2D eigenvalue weighted by molar-refractivity contribution is 7.89. The van der Waals surface area contributed by atoms with Crippen LogP contribution in [0.2, 0.25) is 0 Å². The third kappa shape index (κ3) is 6.67. The molecule has 0 bridgehead atoms. The Balaban J connectivity index is 1.68. The number of benzene rings is 2. The number of sulfonamides is 1. The Labute approximate surface area is 234 Å². The number of aliphatic hydroxyl groups excluding tert-OH is 1. The summed E-state index contributed by atoms with van der Waals surface area (Å²) in [7, 11) is -2.36. The van der Waals surface area contributed by atoms with Crippen LogP contribution in [-0.4, -0.2) is 72.5 Å². The number of halogens is 1. The zero-order valence-electron chi connectivity index (χ0n) is 22.6. The largest absolute Gasteiger partial charge is 0.487 e. The lowest BCUT2D eigenvalue weighted by Gasteiger charge is -2.37. The summed E-state index contributed by atoms with van der Waals surface area (Å²) in [4.78, 5) is 18.5. The first-order valence-electron chi connectivity index (χ1n) is 12.9. The summed E-state index contributed by atoms with van der Waals surface area (Å²) in [6, 6.07) is 13.5. The van der Waals surface area contributed by atoms with Crippen molar-refractivity contribution in [2.75, 3.05) is 26.7 Å². The van der Waals surface area contributed by atoms with E-state index in [1.54, 1.807) is 61.6 Å². The average Bonchev–Trinajstić information content (AvgIpc) is 2.94. The van der Waals surface area contributed by atoms with Gasteiger partial charge in [0, 0.05) is 43.5 Å². The molecule has 40 heavy (non-hydrogen) atoms. The predicted octanol–water partition coefficient (Wildman–Crippen LogP) is 3.09. The minimum Gasteiger partial charge on any atom is -0.487 e. The van der Waals surface area contributed by atoms with Crippen LogP contribution in [0.15, 0.2) is 71.9 Å². The molecule has 10 heteroatoms. The van der Waals surface area contributed by atoms with Crippen LogP contribution in [0.5, 0.6) is 5.75 Å². The van der Waals surface area contributed by atoms with Gasteiger partial charge in [0.2, 0.25) is 15.9 Å². The van der Waals surface area contributed by atoms with Crippen LogP contribution in [0.1, 0.15) is 30.5 Å². The molecule has 0 saturated heterocycles. The van der Waals surface area contributed by atoms with Gasteiger partial charge in [-0.2, -0.15) is 4.31 Å². The number of rotatable bonds is 6. The van der Waals surface area contributed by atoms with E-state index in [1.165, 1.54) is 22.5 Å². The van der Waals surface area contributed by atoms with Gasteiger partial charge in [0.1, 0.15) is 22.6 Å². The van der Waals surface area contributed by atoms with Gasteiger partial charge >= 0.3 is 0 Å². The smallest absolute Gasteiger partial charge is 0.247 e. The van der Waals surface area contributed by atoms with Crippen LogP contribution in [-0.2, 0) is 21.2 Å². The number of nitrogens with zero attached hydrogens (tertiary/aromatic N) is 3. The van der Waals surface area contributed by atoms with Gasteiger partial charge in [0.05, 0.1) is 25.1 Å². The predicted molar refractivity (Wildman–Crippen MR) is 148 cm³/mol. The number of fused-ring (bicyclic) bond motifs is 1. The molecule has 0 fully saturated rings. The number of aromatic nitrogens is 1. The molecule has 2 heterocycles. The van der Waals surface area contributed by atoms with Crippen molar-refractivity contribution in [2.24, 2.45) is 5.92 Å². The fourth-order valence-electron chi connectivity index (χ4n) is 4.41. The third-order valence-corrected chi connectivity index (χ3v) is 8.86. The standard InChI is InChI=1S/C30H32FN3O5S/c1-21-18-34(22(2)20-35)40(37,38)29-13-11-23(10-12-25-8-4-5-9-26(25)31)15-27(29)39-28(21)19-33(3)30(36)16-24-7-6-14-32-17-24/h4-9,11,13-15,17,21-22,28,35H,16,18-20H2,1-3H3/t21-,22+,28-/m0/s1. The van der Waals surface area contributed by atoms with Gasteiger partial charge in [-0.15, -0.1) is 0 Å². The van der Waals surface area contributed by atoms with E-state index in [-0.39, 0.29) is 54.2 Å². The van der Waals surface area contributed by atoms with Gasteiger partial charge in [0.15, 0.2) is 0 Å². The summed E-state index contributed by atoms with van der Waals surface area (Å²) in [5, 5.41) is 9.84. The number of amides is 1. The van der Waals surface area contributed by atoms with Gasteiger partial charge in [-0.05, 0) is 48.9 Å². The maximum Gasteiger partial charge on any atom is 0.247 e. The fraction of sp³-hybridized carbons (Fsp3) is 0.333. The highest BCUT2D eigenvalue weighted by Gasteiger charge is 2.38. The molecule has 1 N–H and O–H groups in total. The minimum absolute atomic E-state index is 0.0644. The van der Waals surface area contributed by atoms with Crippen LogP contribution in [0.3, 0.4) is 0 Å². The molecule has 0 spiro atoms. The minimum atomic E-state index is -4.03. The van der Waals surface area contributed by atoms with Crippen molar-refractivity contribution in [1.29, 1.82) is 0 Å². The maximum atomic E-state index is 14.1. The molecule has 4 rings (SSSR count). The molecule has 1 aliphatic heterocycles. The highest BCUT2D eigenvalue weighted by Crippen LogP contribution is 2.34. The van der Waals surface area contributed by atoms with Crippen molar-refractivity contribution < 1.29 is 27.4 Å². The second kappa shape index (κ2) is 12.6. The Hall–Kier alpha value is -3.78. The van der Waals surface area contributed by atoms with E-state index in [4.69, 9.17) is 4.74 Å². The summed E-state index contributed by atoms with van der Waals surface area (Å²) < 4.78 is 49.0. The van der Waals surface area contributed by atoms with Gasteiger partial charge in [-0.1, -0.05) is 37.0 Å². The lowest BCUT2D eigenvalue weighted by Crippen LogP contribution is -2.50. The Bertz CT molecular complexity index is 1520. The van der Waals surface area contributed by atoms with E-state index >= 15 is 0 Å². The Kier molecular flexibility index (Phi) is 9.20. The number of hydrogen-bond acceptors (Lipinski definition) is 6. The number of likely N-dealkylation sites (N-methyl/N-ethyl adjacent to an activating group) is 1. The highest BCUT2D eigenvalue weighted by atomic mass is 32.2. The van der Waals surface area contributed by atoms with E-state index in [9.17, 15) is 22.7 Å². The van der Waals surface area contributed by atoms with Crippen LogP contribution in [0.4, 0.5) is 4.39 Å². The fourth-order valence-corrected chi connectivity index (χ4v) is 6.23. The molecule has 2 aromatic carbocycles. The zero-order chi connectivity index (χ0) is 28.9. The Morgan fingerprint density at radius 1 is 1.23 bits per heavy atom. The van der Waals surface area contributed by atoms with Crippen LogP contribution in [0.25, 0.3) is 0 Å². The first kappa shape index (κ1) is 29.2. The molecule has 0 unspecified atom stereocenters. The van der Waals surface area contributed by atoms with Crippen LogP contribution in [0, 0.1) is 23.6 Å². The second-order valence-corrected chi connectivity index (χ2v) is 11.8. The third-order valence-electron chi connectivity index (χ3n) is 6.84. The molecule has 8 nitrogen and oxygen atoms in total. The normalized spacial score (nSPS) is 19.1. The van der Waals surface area contributed by atoms with Gasteiger partial charge in [-0.25, -0.2) is 12.8 Å². The summed E-state index contributed by atoms with van der Waals surface area (Å²) in [5.74, 6) is 4.82. The lowest BCUT2D eigenvalue weighted by molar-refractivity contribution is -0.130. The molecule has 0 radical (unpaired) electrons. The number of carbonyl (C=O) groups excluding carboxylic acids is 1. The molecule has 0 saturated carbocycles. The van der Waals surface area contributed by atoms with Crippen molar-refractivity contribution >= 4 is 15.9 Å². The number of aliphatic hydroxyl groups is 1. The van der Waals surface area contributed by atoms with E-state index in [1.807, 2.05) is 13.0 Å². The maximum absolute atomic E-state index is 14.1. The molecule has 210 valence electrons. The topological polar surface area (TPSA) is 100 Å². The van der Waals surface area contributed by atoms with Crippen molar-refractivity contribution in [3.63, 3.8) is 0 Å². The SMILES string of the molecule is C[C@H](CO)N1C[C@H](C)[C@H](CN(C)C(=O)Cc2cccnc2)Oc2cc(C#Cc3ccccc3F)ccc2S1(=O)=O. The molecule has 3 atom stereocenters. The number of pyridine rings is 1. The molecule has 3 aromatic rings. The summed E-state index contributed by atoms with van der Waals surface area (Å²) >= 11 is 0. The summed E-state index contributed by atoms with van der Waals surface area (Å²) in [6.45, 7) is 3.42. The van der Waals surface area contributed by atoms with Gasteiger partial charge in [0.25, 0.3) is 0 Å². The Morgan fingerprint density at radius 3 is 2.70 bits per heavy atom. The summed E-state index contributed by atoms with van der Waals surface area (Å²) in [6.07, 6.45) is 2.88. The second-order valence-electron chi connectivity index (χ2n) is 9.94. The number of hydrogen-bond donors (Lipinski definition) is 1. The van der Waals surface area contributed by atoms with Gasteiger partial charge in [-0.3, -0.25) is 9.78 Å². The van der Waals surface area contributed by atoms with E-state index in [0.717, 1.165) is 5.56 Å². The number of ether oxygens (including phenoxy) is 1. The molecular weight excluding hydrogens is 533 g/mol. The van der Waals surface area contributed by atoms with Crippen LogP contribution >= 0.6 is 0 Å². The quantitative estimate of drug-likeness (QED) is 0.461. The molecule has 1 aliphatic rings. The lowest BCUT2D eigenvalue weighted by atomic mass is 10.0. The van der Waals surface area contributed by atoms with Crippen molar-refractivity contribution in [3.8, 4) is 17.6 Å². The molecule has 0 aliphatic carbocycles. The average molecular weight is 566 g/mol. The van der Waals surface area contributed by atoms with Gasteiger partial charge < -0.3 is 14.7 Å². The monoisotopic (exact) mass is 565 g/mol. The van der Waals surface area contributed by atoms with Crippen molar-refractivity contribution in [2.45, 2.75) is 37.3 Å². The van der Waals surface area contributed by atoms with Crippen LogP contribution < -0.4 is 4.74 Å². The van der Waals surface area contributed by atoms with E-state index < -0.39 is 28.0 Å². The first-order chi connectivity index (χ1) is 19.1. The van der Waals surface area contributed by atoms with E-state index in [2.05, 4.69) is 16.8 Å². The zero-order valence-corrected chi connectivity index (χ0v) is 23.4. The first-order valence-corrected chi connectivity index (χ1v) is 14.4. The van der Waals surface area contributed by atoms with Crippen molar-refractivity contribution in [1.82, 2.24) is 14.2 Å². The molecule has 1 aromatic heterocycles. The van der Waals surface area contributed by atoms with E-state index in [0.29, 0.717) is 5.56 Å². The Morgan fingerprint density at radius 2 is 2.00 bits per heavy atom. The summed E-state index contributed by atoms with van der Waals surface area (Å²) in [5.41, 5.74) is 1.43. The van der Waals surface area contributed by atoms with Crippen molar-refractivity contribution in [3.05, 3.63) is 89.5 Å². The molecule has 1 amide bonds.